The van der Waals surface area contributed by atoms with Crippen molar-refractivity contribution in [3.05, 3.63) is 0 Å². The highest BCUT2D eigenvalue weighted by atomic mass is 16.6. The van der Waals surface area contributed by atoms with E-state index < -0.39 is 55.2 Å². The second-order valence-corrected chi connectivity index (χ2v) is 4.67. The van der Waals surface area contributed by atoms with E-state index in [2.05, 4.69) is 0 Å². The van der Waals surface area contributed by atoms with Gasteiger partial charge < -0.3 is 35.6 Å². The minimum atomic E-state index is -2.42. The highest BCUT2D eigenvalue weighted by Gasteiger charge is 2.50. The standard InChI is InChI=1S/C11H16N2O8/c12-2-7(18)13-8-5(16)1-11(20,4-15)21-10(8)9(19)6(17)3-14/h4-6,8-10,14,16-17,19-20H,1,3H2,(H,13,18)/t5-,6+,8+,9+,10+,11-/m0/s1. The van der Waals surface area contributed by atoms with Gasteiger partial charge in [0.1, 0.15) is 18.3 Å². The third-order valence-electron chi connectivity index (χ3n) is 3.11. The van der Waals surface area contributed by atoms with Crippen molar-refractivity contribution in [1.29, 1.82) is 5.26 Å². The Kier molecular flexibility index (Phi) is 5.73. The van der Waals surface area contributed by atoms with Gasteiger partial charge in [-0.15, -0.1) is 0 Å². The molecule has 1 aliphatic rings. The molecular formula is C11H16N2O8. The average Bonchev–Trinajstić information content (AvgIpc) is 2.47. The molecule has 1 heterocycles. The SMILES string of the molecule is N#CC(=O)N[C@H]1[C@H]([C@H](O)[C@H](O)CO)O[C@](O)(C=O)C[C@@H]1O. The molecule has 118 valence electrons. The monoisotopic (exact) mass is 304 g/mol. The maximum Gasteiger partial charge on any atom is 0.322 e. The van der Waals surface area contributed by atoms with Crippen molar-refractivity contribution >= 4 is 12.2 Å². The lowest BCUT2D eigenvalue weighted by Crippen LogP contribution is -2.66. The summed E-state index contributed by atoms with van der Waals surface area (Å²) in [6, 6.07) is -0.139. The zero-order chi connectivity index (χ0) is 16.2. The molecule has 1 amide bonds. The van der Waals surface area contributed by atoms with Gasteiger partial charge in [0.15, 0.2) is 12.4 Å². The van der Waals surface area contributed by atoms with E-state index in [1.165, 1.54) is 6.07 Å². The smallest absolute Gasteiger partial charge is 0.322 e. The van der Waals surface area contributed by atoms with E-state index in [-0.39, 0.29) is 6.29 Å². The molecule has 0 radical (unpaired) electrons. The first-order valence-corrected chi connectivity index (χ1v) is 6.00. The fourth-order valence-corrected chi connectivity index (χ4v) is 2.05. The average molecular weight is 304 g/mol. The summed E-state index contributed by atoms with van der Waals surface area (Å²) in [6.45, 7) is -0.866. The Balaban J connectivity index is 3.04. The van der Waals surface area contributed by atoms with Crippen molar-refractivity contribution in [3.63, 3.8) is 0 Å². The van der Waals surface area contributed by atoms with Crippen LogP contribution in [-0.4, -0.2) is 80.6 Å². The Bertz CT molecular complexity index is 438. The predicted molar refractivity (Wildman–Crippen MR) is 63.2 cm³/mol. The quantitative estimate of drug-likeness (QED) is 0.216. The summed E-state index contributed by atoms with van der Waals surface area (Å²) in [7, 11) is 0. The van der Waals surface area contributed by atoms with Crippen LogP contribution in [0.5, 0.6) is 0 Å². The lowest BCUT2D eigenvalue weighted by molar-refractivity contribution is -0.280. The normalized spacial score (nSPS) is 35.3. The van der Waals surface area contributed by atoms with Crippen molar-refractivity contribution in [2.45, 2.75) is 42.7 Å². The third-order valence-corrected chi connectivity index (χ3v) is 3.11. The van der Waals surface area contributed by atoms with Crippen LogP contribution in [0.1, 0.15) is 6.42 Å². The lowest BCUT2D eigenvalue weighted by Gasteiger charge is -2.44. The number of aliphatic hydroxyl groups is 5. The van der Waals surface area contributed by atoms with Gasteiger partial charge in [0.2, 0.25) is 5.79 Å². The van der Waals surface area contributed by atoms with Crippen LogP contribution in [0, 0.1) is 11.3 Å². The summed E-state index contributed by atoms with van der Waals surface area (Å²) in [5.41, 5.74) is 0. The topological polar surface area (TPSA) is 180 Å². The van der Waals surface area contributed by atoms with E-state index >= 15 is 0 Å². The van der Waals surface area contributed by atoms with Crippen LogP contribution in [0.15, 0.2) is 0 Å². The number of carbonyl (C=O) groups excluding carboxylic acids is 2. The number of rotatable bonds is 5. The molecular weight excluding hydrogens is 288 g/mol. The van der Waals surface area contributed by atoms with Gasteiger partial charge in [0.25, 0.3) is 0 Å². The zero-order valence-electron chi connectivity index (χ0n) is 10.8. The second kappa shape index (κ2) is 6.90. The number of hydrogen-bond donors (Lipinski definition) is 6. The molecule has 6 N–H and O–H groups in total. The molecule has 0 spiro atoms. The van der Waals surface area contributed by atoms with Gasteiger partial charge in [-0.05, 0) is 0 Å². The minimum absolute atomic E-state index is 0.0103. The van der Waals surface area contributed by atoms with E-state index in [1.54, 1.807) is 0 Å². The Morgan fingerprint density at radius 1 is 1.57 bits per heavy atom. The first kappa shape index (κ1) is 17.4. The van der Waals surface area contributed by atoms with Crippen LogP contribution in [0.4, 0.5) is 0 Å². The largest absolute Gasteiger partial charge is 0.394 e. The van der Waals surface area contributed by atoms with Gasteiger partial charge in [-0.25, -0.2) is 0 Å². The Morgan fingerprint density at radius 3 is 2.67 bits per heavy atom. The number of ether oxygens (including phenoxy) is 1. The molecule has 0 aromatic carbocycles. The fraction of sp³-hybridized carbons (Fsp3) is 0.727. The molecule has 0 aliphatic carbocycles. The Labute approximate surface area is 119 Å². The number of nitrogens with one attached hydrogen (secondary N) is 1. The number of hydrogen-bond acceptors (Lipinski definition) is 9. The lowest BCUT2D eigenvalue weighted by atomic mass is 9.89. The molecule has 1 saturated heterocycles. The summed E-state index contributed by atoms with van der Waals surface area (Å²) < 4.78 is 4.92. The highest BCUT2D eigenvalue weighted by Crippen LogP contribution is 2.28. The highest BCUT2D eigenvalue weighted by molar-refractivity contribution is 5.91. The third kappa shape index (κ3) is 3.94. The fourth-order valence-electron chi connectivity index (χ4n) is 2.05. The summed E-state index contributed by atoms with van der Waals surface area (Å²) in [5.74, 6) is -3.57. The Hall–Kier alpha value is -1.61. The van der Waals surface area contributed by atoms with Gasteiger partial charge in [-0.1, -0.05) is 0 Å². The number of nitrogens with zero attached hydrogens (tertiary/aromatic N) is 1. The van der Waals surface area contributed by atoms with Crippen LogP contribution in [-0.2, 0) is 14.3 Å². The van der Waals surface area contributed by atoms with Gasteiger partial charge >= 0.3 is 5.91 Å². The van der Waals surface area contributed by atoms with Crippen LogP contribution >= 0.6 is 0 Å². The van der Waals surface area contributed by atoms with E-state index in [0.29, 0.717) is 0 Å². The van der Waals surface area contributed by atoms with Crippen molar-refractivity contribution in [2.75, 3.05) is 6.61 Å². The number of carbonyl (C=O) groups is 2. The molecule has 0 aromatic heterocycles. The molecule has 1 fully saturated rings. The molecule has 1 aliphatic heterocycles. The van der Waals surface area contributed by atoms with Gasteiger partial charge in [-0.2, -0.15) is 5.26 Å². The van der Waals surface area contributed by atoms with Crippen molar-refractivity contribution in [3.8, 4) is 6.07 Å². The summed E-state index contributed by atoms with van der Waals surface area (Å²) in [4.78, 5) is 21.9. The minimum Gasteiger partial charge on any atom is -0.394 e. The first-order valence-electron chi connectivity index (χ1n) is 6.00. The van der Waals surface area contributed by atoms with E-state index in [9.17, 15) is 30.0 Å². The van der Waals surface area contributed by atoms with Gasteiger partial charge in [-0.3, -0.25) is 9.59 Å². The zero-order valence-corrected chi connectivity index (χ0v) is 10.8. The molecule has 21 heavy (non-hydrogen) atoms. The Morgan fingerprint density at radius 2 is 2.19 bits per heavy atom. The molecule has 10 heteroatoms. The van der Waals surface area contributed by atoms with Gasteiger partial charge in [0, 0.05) is 6.42 Å². The maximum atomic E-state index is 11.1. The number of amides is 1. The predicted octanol–water partition coefficient (Wildman–Crippen LogP) is -4.25. The van der Waals surface area contributed by atoms with Crippen molar-refractivity contribution in [1.82, 2.24) is 5.32 Å². The molecule has 0 bridgehead atoms. The molecule has 0 aromatic rings. The van der Waals surface area contributed by atoms with Crippen LogP contribution in [0.25, 0.3) is 0 Å². The molecule has 10 nitrogen and oxygen atoms in total. The van der Waals surface area contributed by atoms with E-state index in [0.717, 1.165) is 0 Å². The molecule has 1 rings (SSSR count). The van der Waals surface area contributed by atoms with Crippen LogP contribution in [0.2, 0.25) is 0 Å². The molecule has 6 atom stereocenters. The van der Waals surface area contributed by atoms with E-state index in [4.69, 9.17) is 15.1 Å². The molecule has 0 unspecified atom stereocenters. The van der Waals surface area contributed by atoms with E-state index in [1.807, 2.05) is 5.32 Å². The first-order chi connectivity index (χ1) is 9.77. The number of aldehydes is 1. The van der Waals surface area contributed by atoms with Crippen molar-refractivity contribution < 1.29 is 39.9 Å². The molecule has 0 saturated carbocycles. The maximum absolute atomic E-state index is 11.1. The van der Waals surface area contributed by atoms with Crippen molar-refractivity contribution in [2.24, 2.45) is 0 Å². The summed E-state index contributed by atoms with van der Waals surface area (Å²) in [5, 5.41) is 58.1. The number of aliphatic hydroxyl groups excluding tert-OH is 4. The van der Waals surface area contributed by atoms with Crippen LogP contribution < -0.4 is 5.32 Å². The van der Waals surface area contributed by atoms with Gasteiger partial charge in [0.05, 0.1) is 18.8 Å². The summed E-state index contributed by atoms with van der Waals surface area (Å²) >= 11 is 0. The number of nitriles is 1. The second-order valence-electron chi connectivity index (χ2n) is 4.67. The van der Waals surface area contributed by atoms with Crippen LogP contribution in [0.3, 0.4) is 0 Å². The summed E-state index contributed by atoms with van der Waals surface area (Å²) in [6.07, 6.45) is -7.31.